The van der Waals surface area contributed by atoms with Crippen LogP contribution in [0.5, 0.6) is 0 Å². The smallest absolute Gasteiger partial charge is 0.272 e. The number of anilines is 1. The molecule has 3 aromatic rings. The van der Waals surface area contributed by atoms with E-state index in [1.165, 1.54) is 17.4 Å². The van der Waals surface area contributed by atoms with Crippen molar-refractivity contribution in [3.8, 4) is 40.0 Å². The molecular formula is C21H12N6O2S. The summed E-state index contributed by atoms with van der Waals surface area (Å²) in [6.45, 7) is 1.68. The summed E-state index contributed by atoms with van der Waals surface area (Å²) in [7, 11) is 0. The van der Waals surface area contributed by atoms with E-state index >= 15 is 0 Å². The summed E-state index contributed by atoms with van der Waals surface area (Å²) < 4.78 is 0. The first kappa shape index (κ1) is 20.2. The molecule has 0 saturated carbocycles. The summed E-state index contributed by atoms with van der Waals surface area (Å²) in [6, 6.07) is 17.2. The van der Waals surface area contributed by atoms with E-state index in [1.54, 1.807) is 49.4 Å². The first-order valence-corrected chi connectivity index (χ1v) is 9.37. The van der Waals surface area contributed by atoms with Crippen LogP contribution in [-0.2, 0) is 0 Å². The molecule has 30 heavy (non-hydrogen) atoms. The zero-order valence-corrected chi connectivity index (χ0v) is 16.4. The molecule has 8 nitrogen and oxygen atoms in total. The number of nitro groups is 1. The van der Waals surface area contributed by atoms with E-state index in [9.17, 15) is 15.4 Å². The van der Waals surface area contributed by atoms with Crippen LogP contribution in [0.25, 0.3) is 21.8 Å². The number of rotatable bonds is 5. The Balaban J connectivity index is 1.93. The predicted molar refractivity (Wildman–Crippen MR) is 112 cm³/mol. The lowest BCUT2D eigenvalue weighted by molar-refractivity contribution is -0.385. The molecule has 0 aliphatic rings. The number of benzene rings is 2. The maximum Gasteiger partial charge on any atom is 0.272 e. The van der Waals surface area contributed by atoms with Gasteiger partial charge in [0.25, 0.3) is 5.69 Å². The molecule has 1 N–H and O–H groups in total. The van der Waals surface area contributed by atoms with Crippen LogP contribution in [0, 0.1) is 51.0 Å². The summed E-state index contributed by atoms with van der Waals surface area (Å²) >= 11 is 1.37. The second-order valence-electron chi connectivity index (χ2n) is 6.09. The summed E-state index contributed by atoms with van der Waals surface area (Å²) in [5.41, 5.74) is 2.71. The van der Waals surface area contributed by atoms with Crippen molar-refractivity contribution in [1.29, 1.82) is 15.8 Å². The van der Waals surface area contributed by atoms with Crippen LogP contribution >= 0.6 is 11.3 Å². The minimum absolute atomic E-state index is 0.0369. The third-order valence-corrected chi connectivity index (χ3v) is 5.06. The lowest BCUT2D eigenvalue weighted by Crippen LogP contribution is -2.00. The Kier molecular flexibility index (Phi) is 5.84. The maximum atomic E-state index is 11.2. The zero-order chi connectivity index (χ0) is 21.7. The first-order valence-electron chi connectivity index (χ1n) is 8.49. The number of aryl methyl sites for hydroxylation is 1. The van der Waals surface area contributed by atoms with Gasteiger partial charge < -0.3 is 5.32 Å². The normalized spacial score (nSPS) is 9.67. The molecule has 0 aliphatic heterocycles. The first-order chi connectivity index (χ1) is 14.5. The van der Waals surface area contributed by atoms with Crippen molar-refractivity contribution >= 4 is 22.7 Å². The number of allylic oxidation sites excluding steroid dienone is 2. The number of hydrogen-bond donors (Lipinski definition) is 1. The van der Waals surface area contributed by atoms with Gasteiger partial charge in [-0.05, 0) is 19.1 Å². The van der Waals surface area contributed by atoms with Gasteiger partial charge in [0, 0.05) is 33.8 Å². The molecule has 0 bridgehead atoms. The molecule has 0 radical (unpaired) electrons. The van der Waals surface area contributed by atoms with Gasteiger partial charge >= 0.3 is 0 Å². The monoisotopic (exact) mass is 412 g/mol. The van der Waals surface area contributed by atoms with Crippen LogP contribution in [-0.4, -0.2) is 9.91 Å². The average molecular weight is 412 g/mol. The van der Waals surface area contributed by atoms with Crippen LogP contribution in [0.15, 0.2) is 59.1 Å². The molecule has 0 unspecified atom stereocenters. The summed E-state index contributed by atoms with van der Waals surface area (Å²) in [6.07, 6.45) is 0. The molecule has 0 atom stereocenters. The van der Waals surface area contributed by atoms with Gasteiger partial charge in [-0.15, -0.1) is 11.3 Å². The molecule has 0 amide bonds. The molecule has 9 heteroatoms. The molecular weight excluding hydrogens is 400 g/mol. The maximum absolute atomic E-state index is 11.2. The van der Waals surface area contributed by atoms with Crippen molar-refractivity contribution < 1.29 is 4.92 Å². The number of nitro benzene ring substituents is 1. The molecule has 2 aromatic carbocycles. The quantitative estimate of drug-likeness (QED) is 0.356. The minimum atomic E-state index is -0.418. The molecule has 0 spiro atoms. The minimum Gasteiger partial charge on any atom is -0.345 e. The highest BCUT2D eigenvalue weighted by Crippen LogP contribution is 2.32. The predicted octanol–water partition coefficient (Wildman–Crippen LogP) is 4.93. The van der Waals surface area contributed by atoms with E-state index in [0.717, 1.165) is 5.56 Å². The highest BCUT2D eigenvalue weighted by Gasteiger charge is 2.14. The van der Waals surface area contributed by atoms with Crippen LogP contribution in [0.1, 0.15) is 5.56 Å². The average Bonchev–Trinajstić information content (AvgIpc) is 3.24. The molecule has 1 heterocycles. The highest BCUT2D eigenvalue weighted by atomic mass is 32.1. The van der Waals surface area contributed by atoms with E-state index in [-0.39, 0.29) is 17.0 Å². The van der Waals surface area contributed by atoms with Gasteiger partial charge in [0.2, 0.25) is 0 Å². The Morgan fingerprint density at radius 3 is 2.53 bits per heavy atom. The fourth-order valence-corrected chi connectivity index (χ4v) is 3.49. The van der Waals surface area contributed by atoms with Crippen LogP contribution in [0.3, 0.4) is 0 Å². The fraction of sp³-hybridized carbons (Fsp3) is 0.0476. The van der Waals surface area contributed by atoms with Crippen molar-refractivity contribution in [1.82, 2.24) is 4.98 Å². The number of thiazole rings is 1. The SMILES string of the molecule is Cc1ccc(-c2csc(-c3cccc(NC(C#N)=C(C#N)C#N)c3)n2)cc1[N+](=O)[O-]. The van der Waals surface area contributed by atoms with Crippen molar-refractivity contribution in [3.05, 3.63) is 74.8 Å². The Morgan fingerprint density at radius 2 is 1.87 bits per heavy atom. The molecule has 0 fully saturated rings. The Hall–Kier alpha value is -4.52. The van der Waals surface area contributed by atoms with Gasteiger partial charge in [-0.25, -0.2) is 4.98 Å². The van der Waals surface area contributed by atoms with Gasteiger partial charge in [0.05, 0.1) is 10.6 Å². The summed E-state index contributed by atoms with van der Waals surface area (Å²) in [5, 5.41) is 43.5. The van der Waals surface area contributed by atoms with Crippen LogP contribution in [0.4, 0.5) is 11.4 Å². The molecule has 144 valence electrons. The molecule has 0 aliphatic carbocycles. The van der Waals surface area contributed by atoms with E-state index in [4.69, 9.17) is 10.5 Å². The molecule has 0 saturated heterocycles. The lowest BCUT2D eigenvalue weighted by Gasteiger charge is -2.06. The summed E-state index contributed by atoms with van der Waals surface area (Å²) in [5.74, 6) is 0. The molecule has 1 aromatic heterocycles. The van der Waals surface area contributed by atoms with Gasteiger partial charge in [-0.3, -0.25) is 10.1 Å². The summed E-state index contributed by atoms with van der Waals surface area (Å²) in [4.78, 5) is 15.3. The second kappa shape index (κ2) is 8.66. The largest absolute Gasteiger partial charge is 0.345 e. The van der Waals surface area contributed by atoms with Gasteiger partial charge in [-0.2, -0.15) is 15.8 Å². The number of nitrogens with zero attached hydrogens (tertiary/aromatic N) is 5. The number of hydrogen-bond acceptors (Lipinski definition) is 8. The van der Waals surface area contributed by atoms with E-state index in [1.807, 2.05) is 17.5 Å². The van der Waals surface area contributed by atoms with Crippen LogP contribution in [0.2, 0.25) is 0 Å². The third kappa shape index (κ3) is 4.15. The van der Waals surface area contributed by atoms with Gasteiger partial charge in [-0.1, -0.05) is 24.3 Å². The topological polar surface area (TPSA) is 139 Å². The van der Waals surface area contributed by atoms with Crippen molar-refractivity contribution in [2.24, 2.45) is 0 Å². The zero-order valence-electron chi connectivity index (χ0n) is 15.6. The second-order valence-corrected chi connectivity index (χ2v) is 6.95. The van der Waals surface area contributed by atoms with E-state index in [0.29, 0.717) is 27.5 Å². The number of aromatic nitrogens is 1. The van der Waals surface area contributed by atoms with Gasteiger partial charge in [0.1, 0.15) is 28.9 Å². The van der Waals surface area contributed by atoms with Crippen molar-refractivity contribution in [3.63, 3.8) is 0 Å². The lowest BCUT2D eigenvalue weighted by atomic mass is 10.1. The third-order valence-electron chi connectivity index (χ3n) is 4.17. The van der Waals surface area contributed by atoms with E-state index < -0.39 is 4.92 Å². The van der Waals surface area contributed by atoms with E-state index in [2.05, 4.69) is 10.3 Å². The standard InChI is InChI=1S/C21H12N6O2S/c1-13-5-6-14(8-20(13)27(28)29)19-12-30-21(26-19)15-3-2-4-17(7-15)25-18(11-24)16(9-22)10-23/h2-8,12,25H,1H3. The highest BCUT2D eigenvalue weighted by molar-refractivity contribution is 7.13. The van der Waals surface area contributed by atoms with Crippen molar-refractivity contribution in [2.45, 2.75) is 6.92 Å². The number of nitrogens with one attached hydrogen (secondary N) is 1. The Bertz CT molecular complexity index is 1290. The van der Waals surface area contributed by atoms with Crippen LogP contribution < -0.4 is 5.32 Å². The molecule has 3 rings (SSSR count). The Labute approximate surface area is 175 Å². The number of nitriles is 3. The van der Waals surface area contributed by atoms with Gasteiger partial charge in [0.15, 0.2) is 5.57 Å². The van der Waals surface area contributed by atoms with Crippen molar-refractivity contribution in [2.75, 3.05) is 5.32 Å². The fourth-order valence-electron chi connectivity index (χ4n) is 2.66. The Morgan fingerprint density at radius 1 is 1.10 bits per heavy atom.